The Morgan fingerprint density at radius 2 is 2.24 bits per heavy atom. The van der Waals surface area contributed by atoms with Gasteiger partial charge >= 0.3 is 0 Å². The van der Waals surface area contributed by atoms with E-state index in [0.717, 1.165) is 31.2 Å². The fourth-order valence-electron chi connectivity index (χ4n) is 2.88. The molecule has 0 amide bonds. The highest BCUT2D eigenvalue weighted by atomic mass is 15.3. The largest absolute Gasteiger partial charge is 0.367 e. The van der Waals surface area contributed by atoms with Gasteiger partial charge in [0.15, 0.2) is 0 Å². The first-order valence-electron chi connectivity index (χ1n) is 6.72. The average Bonchev–Trinajstić information content (AvgIpc) is 3.08. The molecule has 1 saturated carbocycles. The molecule has 0 radical (unpaired) electrons. The maximum Gasteiger partial charge on any atom is 0.0827 e. The zero-order valence-electron chi connectivity index (χ0n) is 10.8. The van der Waals surface area contributed by atoms with Crippen LogP contribution in [0.4, 0.5) is 5.69 Å². The summed E-state index contributed by atoms with van der Waals surface area (Å²) in [6.45, 7) is 5.58. The van der Waals surface area contributed by atoms with E-state index in [2.05, 4.69) is 28.4 Å². The van der Waals surface area contributed by atoms with Gasteiger partial charge < -0.3 is 10.2 Å². The summed E-state index contributed by atoms with van der Waals surface area (Å²) in [5.41, 5.74) is 2.48. The van der Waals surface area contributed by atoms with Crippen molar-refractivity contribution in [3.05, 3.63) is 11.9 Å². The lowest BCUT2D eigenvalue weighted by Crippen LogP contribution is -2.39. The molecule has 0 spiro atoms. The van der Waals surface area contributed by atoms with E-state index >= 15 is 0 Å². The molecule has 2 fully saturated rings. The summed E-state index contributed by atoms with van der Waals surface area (Å²) in [5.74, 6) is 0.924. The normalized spacial score (nSPS) is 26.0. The first-order chi connectivity index (χ1) is 8.24. The Balaban J connectivity index is 1.78. The highest BCUT2D eigenvalue weighted by Crippen LogP contribution is 2.34. The zero-order chi connectivity index (χ0) is 11.8. The van der Waals surface area contributed by atoms with E-state index in [-0.39, 0.29) is 0 Å². The lowest BCUT2D eigenvalue weighted by molar-refractivity contribution is 0.490. The Kier molecular flexibility index (Phi) is 2.82. The van der Waals surface area contributed by atoms with Crippen LogP contribution in [0.3, 0.4) is 0 Å². The van der Waals surface area contributed by atoms with E-state index in [1.807, 2.05) is 11.7 Å². The maximum atomic E-state index is 4.46. The molecule has 2 heterocycles. The highest BCUT2D eigenvalue weighted by molar-refractivity contribution is 5.49. The van der Waals surface area contributed by atoms with Gasteiger partial charge in [-0.25, -0.2) is 0 Å². The van der Waals surface area contributed by atoms with Gasteiger partial charge in [-0.2, -0.15) is 5.10 Å². The van der Waals surface area contributed by atoms with Crippen LogP contribution in [0, 0.1) is 12.8 Å². The molecule has 1 aliphatic heterocycles. The van der Waals surface area contributed by atoms with Gasteiger partial charge in [0.25, 0.3) is 0 Å². The molecule has 94 valence electrons. The fraction of sp³-hybridized carbons (Fsp3) is 0.769. The van der Waals surface area contributed by atoms with Gasteiger partial charge in [-0.15, -0.1) is 0 Å². The number of nitrogens with one attached hydrogen (secondary N) is 1. The van der Waals surface area contributed by atoms with Crippen LogP contribution in [-0.2, 0) is 7.05 Å². The summed E-state index contributed by atoms with van der Waals surface area (Å²) >= 11 is 0. The van der Waals surface area contributed by atoms with Crippen LogP contribution in [0.15, 0.2) is 6.20 Å². The number of aromatic nitrogens is 2. The minimum Gasteiger partial charge on any atom is -0.367 e. The predicted octanol–water partition coefficient (Wildman–Crippen LogP) is 1.31. The van der Waals surface area contributed by atoms with Crippen molar-refractivity contribution in [3.8, 4) is 0 Å². The van der Waals surface area contributed by atoms with Crippen molar-refractivity contribution < 1.29 is 0 Å². The van der Waals surface area contributed by atoms with Crippen molar-refractivity contribution in [3.63, 3.8) is 0 Å². The number of hydrogen-bond donors (Lipinski definition) is 1. The van der Waals surface area contributed by atoms with Crippen LogP contribution in [0.2, 0.25) is 0 Å². The fourth-order valence-corrected chi connectivity index (χ4v) is 2.88. The number of anilines is 1. The SMILES string of the molecule is Cc1nn(C)cc1N1CCCNC(C2CC2)C1. The van der Waals surface area contributed by atoms with Crippen LogP contribution < -0.4 is 10.2 Å². The first-order valence-corrected chi connectivity index (χ1v) is 6.72. The Hall–Kier alpha value is -1.03. The van der Waals surface area contributed by atoms with Crippen LogP contribution >= 0.6 is 0 Å². The van der Waals surface area contributed by atoms with E-state index in [9.17, 15) is 0 Å². The van der Waals surface area contributed by atoms with Crippen LogP contribution in [0.5, 0.6) is 0 Å². The molecule has 3 rings (SSSR count). The molecule has 1 aromatic heterocycles. The standard InChI is InChI=1S/C13H22N4/c1-10-13(9-16(2)15-10)17-7-3-6-14-12(8-17)11-4-5-11/h9,11-12,14H,3-8H2,1-2H3. The molecule has 4 nitrogen and oxygen atoms in total. The molecule has 1 saturated heterocycles. The van der Waals surface area contributed by atoms with E-state index in [1.54, 1.807) is 0 Å². The summed E-state index contributed by atoms with van der Waals surface area (Å²) in [4.78, 5) is 2.52. The van der Waals surface area contributed by atoms with E-state index in [1.165, 1.54) is 24.9 Å². The van der Waals surface area contributed by atoms with Crippen molar-refractivity contribution in [1.29, 1.82) is 0 Å². The summed E-state index contributed by atoms with van der Waals surface area (Å²) < 4.78 is 1.93. The third kappa shape index (κ3) is 2.32. The molecule has 0 bridgehead atoms. The topological polar surface area (TPSA) is 33.1 Å². The molecule has 1 unspecified atom stereocenters. The third-order valence-electron chi connectivity index (χ3n) is 3.95. The lowest BCUT2D eigenvalue weighted by Gasteiger charge is -2.25. The van der Waals surface area contributed by atoms with E-state index in [4.69, 9.17) is 0 Å². The van der Waals surface area contributed by atoms with Gasteiger partial charge in [0.05, 0.1) is 11.4 Å². The van der Waals surface area contributed by atoms with Gasteiger partial charge in [0.2, 0.25) is 0 Å². The summed E-state index contributed by atoms with van der Waals surface area (Å²) in [7, 11) is 2.00. The number of aryl methyl sites for hydroxylation is 2. The minimum atomic E-state index is 0.692. The second-order valence-electron chi connectivity index (χ2n) is 5.47. The highest BCUT2D eigenvalue weighted by Gasteiger charge is 2.33. The van der Waals surface area contributed by atoms with E-state index < -0.39 is 0 Å². The monoisotopic (exact) mass is 234 g/mol. The van der Waals surface area contributed by atoms with Gasteiger partial charge in [-0.05, 0) is 38.6 Å². The summed E-state index contributed by atoms with van der Waals surface area (Å²) in [6, 6.07) is 0.692. The zero-order valence-corrected chi connectivity index (χ0v) is 10.8. The Labute approximate surface area is 103 Å². The van der Waals surface area contributed by atoms with Gasteiger partial charge in [-0.1, -0.05) is 0 Å². The lowest BCUT2D eigenvalue weighted by atomic mass is 10.1. The van der Waals surface area contributed by atoms with Crippen molar-refractivity contribution in [2.24, 2.45) is 13.0 Å². The third-order valence-corrected chi connectivity index (χ3v) is 3.95. The summed E-state index contributed by atoms with van der Waals surface area (Å²) in [5, 5.41) is 8.16. The Morgan fingerprint density at radius 1 is 1.41 bits per heavy atom. The van der Waals surface area contributed by atoms with Crippen LogP contribution in [0.1, 0.15) is 25.0 Å². The molecule has 0 aromatic carbocycles. The average molecular weight is 234 g/mol. The Bertz CT molecular complexity index is 394. The Morgan fingerprint density at radius 3 is 2.88 bits per heavy atom. The smallest absolute Gasteiger partial charge is 0.0827 e. The predicted molar refractivity (Wildman–Crippen MR) is 69.3 cm³/mol. The van der Waals surface area contributed by atoms with Crippen LogP contribution in [0.25, 0.3) is 0 Å². The van der Waals surface area contributed by atoms with Gasteiger partial charge in [-0.3, -0.25) is 4.68 Å². The van der Waals surface area contributed by atoms with Crippen molar-refractivity contribution in [2.45, 2.75) is 32.2 Å². The number of rotatable bonds is 2. The quantitative estimate of drug-likeness (QED) is 0.837. The van der Waals surface area contributed by atoms with Crippen LogP contribution in [-0.4, -0.2) is 35.5 Å². The molecule has 17 heavy (non-hydrogen) atoms. The minimum absolute atomic E-state index is 0.692. The number of hydrogen-bond acceptors (Lipinski definition) is 3. The second-order valence-corrected chi connectivity index (χ2v) is 5.47. The molecular weight excluding hydrogens is 212 g/mol. The first kappa shape index (κ1) is 11.1. The van der Waals surface area contributed by atoms with Gasteiger partial charge in [0.1, 0.15) is 0 Å². The molecule has 1 N–H and O–H groups in total. The van der Waals surface area contributed by atoms with Gasteiger partial charge in [0, 0.05) is 32.4 Å². The number of nitrogens with zero attached hydrogens (tertiary/aromatic N) is 3. The molecular formula is C13H22N4. The molecule has 1 atom stereocenters. The molecule has 1 aliphatic carbocycles. The molecule has 1 aromatic rings. The summed E-state index contributed by atoms with van der Waals surface area (Å²) in [6.07, 6.45) is 6.22. The van der Waals surface area contributed by atoms with Crippen molar-refractivity contribution in [2.75, 3.05) is 24.5 Å². The molecule has 4 heteroatoms. The second kappa shape index (κ2) is 4.33. The van der Waals surface area contributed by atoms with Crippen molar-refractivity contribution in [1.82, 2.24) is 15.1 Å². The molecule has 2 aliphatic rings. The maximum absolute atomic E-state index is 4.46. The van der Waals surface area contributed by atoms with E-state index in [0.29, 0.717) is 6.04 Å². The van der Waals surface area contributed by atoms with Crippen molar-refractivity contribution >= 4 is 5.69 Å².